The molecule has 5 nitrogen and oxygen atoms in total. The van der Waals surface area contributed by atoms with Crippen LogP contribution in [0.1, 0.15) is 6.92 Å². The van der Waals surface area contributed by atoms with Crippen molar-refractivity contribution in [3.05, 3.63) is 38.2 Å². The van der Waals surface area contributed by atoms with E-state index in [2.05, 4.69) is 9.97 Å². The van der Waals surface area contributed by atoms with Crippen molar-refractivity contribution >= 4 is 22.6 Å². The maximum absolute atomic E-state index is 11.6. The highest BCUT2D eigenvalue weighted by molar-refractivity contribution is 14.1. The Bertz CT molecular complexity index is 625. The lowest BCUT2D eigenvalue weighted by Crippen LogP contribution is -2.12. The molecular formula is C12H11IN2O3. The SMILES string of the molecule is CCOc1cccc(-c2nc(O)c(I)c(=O)[nH]2)c1. The molecule has 0 aliphatic heterocycles. The van der Waals surface area contributed by atoms with E-state index in [1.807, 2.05) is 13.0 Å². The molecule has 0 radical (unpaired) electrons. The molecule has 18 heavy (non-hydrogen) atoms. The smallest absolute Gasteiger partial charge is 0.268 e. The molecule has 0 unspecified atom stereocenters. The van der Waals surface area contributed by atoms with E-state index in [1.165, 1.54) is 0 Å². The molecule has 0 atom stereocenters. The average Bonchev–Trinajstić information content (AvgIpc) is 2.36. The van der Waals surface area contributed by atoms with Gasteiger partial charge in [-0.3, -0.25) is 4.79 Å². The van der Waals surface area contributed by atoms with E-state index >= 15 is 0 Å². The number of hydrogen-bond donors (Lipinski definition) is 2. The summed E-state index contributed by atoms with van der Waals surface area (Å²) in [7, 11) is 0. The second kappa shape index (κ2) is 5.38. The standard InChI is InChI=1S/C12H11IN2O3/c1-2-18-8-5-3-4-7(6-8)10-14-11(16)9(13)12(17)15-10/h3-6H,2H2,1H3,(H2,14,15,16,17). The predicted octanol–water partition coefficient (Wildman–Crippen LogP) is 2.15. The van der Waals surface area contributed by atoms with Gasteiger partial charge >= 0.3 is 0 Å². The Hall–Kier alpha value is -1.57. The van der Waals surface area contributed by atoms with Gasteiger partial charge in [-0.15, -0.1) is 0 Å². The molecule has 0 aliphatic rings. The van der Waals surface area contributed by atoms with E-state index in [4.69, 9.17) is 4.74 Å². The summed E-state index contributed by atoms with van der Waals surface area (Å²) in [6.45, 7) is 2.45. The topological polar surface area (TPSA) is 75.2 Å². The largest absolute Gasteiger partial charge is 0.494 e. The number of ether oxygens (including phenoxy) is 1. The summed E-state index contributed by atoms with van der Waals surface area (Å²) in [4.78, 5) is 18.1. The number of H-pyrrole nitrogens is 1. The Morgan fingerprint density at radius 3 is 2.94 bits per heavy atom. The highest BCUT2D eigenvalue weighted by atomic mass is 127. The zero-order valence-electron chi connectivity index (χ0n) is 9.61. The first-order valence-electron chi connectivity index (χ1n) is 5.34. The van der Waals surface area contributed by atoms with Crippen molar-refractivity contribution in [1.82, 2.24) is 9.97 Å². The van der Waals surface area contributed by atoms with Crippen molar-refractivity contribution in [3.63, 3.8) is 0 Å². The van der Waals surface area contributed by atoms with E-state index in [1.54, 1.807) is 40.8 Å². The van der Waals surface area contributed by atoms with Gasteiger partial charge in [-0.05, 0) is 41.6 Å². The summed E-state index contributed by atoms with van der Waals surface area (Å²) in [6, 6.07) is 7.16. The molecule has 6 heteroatoms. The maximum Gasteiger partial charge on any atom is 0.268 e. The zero-order valence-corrected chi connectivity index (χ0v) is 11.8. The molecule has 1 aromatic carbocycles. The molecule has 2 rings (SSSR count). The van der Waals surface area contributed by atoms with Crippen molar-refractivity contribution in [2.24, 2.45) is 0 Å². The fraction of sp³-hybridized carbons (Fsp3) is 0.167. The average molecular weight is 358 g/mol. The summed E-state index contributed by atoms with van der Waals surface area (Å²) in [5.74, 6) is 0.742. The normalized spacial score (nSPS) is 10.3. The van der Waals surface area contributed by atoms with E-state index in [0.29, 0.717) is 23.7 Å². The molecule has 0 fully saturated rings. The Morgan fingerprint density at radius 1 is 1.50 bits per heavy atom. The maximum atomic E-state index is 11.6. The van der Waals surface area contributed by atoms with Crippen molar-refractivity contribution in [2.75, 3.05) is 6.61 Å². The van der Waals surface area contributed by atoms with Crippen LogP contribution in [0.4, 0.5) is 0 Å². The molecule has 2 aromatic rings. The first-order valence-corrected chi connectivity index (χ1v) is 6.41. The molecule has 0 bridgehead atoms. The zero-order chi connectivity index (χ0) is 13.1. The molecule has 0 amide bonds. The lowest BCUT2D eigenvalue weighted by molar-refractivity contribution is 0.340. The van der Waals surface area contributed by atoms with Gasteiger partial charge in [0.2, 0.25) is 5.88 Å². The Morgan fingerprint density at radius 2 is 2.28 bits per heavy atom. The summed E-state index contributed by atoms with van der Waals surface area (Å²) >= 11 is 1.74. The number of aromatic nitrogens is 2. The number of benzene rings is 1. The monoisotopic (exact) mass is 358 g/mol. The third-order valence-electron chi connectivity index (χ3n) is 2.26. The first kappa shape index (κ1) is 12.9. The molecule has 94 valence electrons. The van der Waals surface area contributed by atoms with Crippen molar-refractivity contribution in [2.45, 2.75) is 6.92 Å². The van der Waals surface area contributed by atoms with Crippen LogP contribution in [0.25, 0.3) is 11.4 Å². The Labute approximate surface area is 117 Å². The lowest BCUT2D eigenvalue weighted by atomic mass is 10.2. The van der Waals surface area contributed by atoms with Gasteiger partial charge in [0.1, 0.15) is 15.1 Å². The van der Waals surface area contributed by atoms with Crippen LogP contribution in [-0.4, -0.2) is 21.7 Å². The van der Waals surface area contributed by atoms with Crippen molar-refractivity contribution < 1.29 is 9.84 Å². The minimum atomic E-state index is -0.361. The minimum Gasteiger partial charge on any atom is -0.494 e. The summed E-state index contributed by atoms with van der Waals surface area (Å²) < 4.78 is 5.55. The summed E-state index contributed by atoms with van der Waals surface area (Å²) in [5, 5.41) is 9.55. The fourth-order valence-corrected chi connectivity index (χ4v) is 1.74. The van der Waals surface area contributed by atoms with Gasteiger partial charge in [-0.2, -0.15) is 4.98 Å². The highest BCUT2D eigenvalue weighted by Gasteiger charge is 2.09. The van der Waals surface area contributed by atoms with Crippen LogP contribution in [0.3, 0.4) is 0 Å². The Balaban J connectivity index is 2.48. The molecule has 1 aromatic heterocycles. The molecule has 2 N–H and O–H groups in total. The number of nitrogens with one attached hydrogen (secondary N) is 1. The van der Waals surface area contributed by atoms with Crippen molar-refractivity contribution in [1.29, 1.82) is 0 Å². The van der Waals surface area contributed by atoms with E-state index < -0.39 is 0 Å². The van der Waals surface area contributed by atoms with E-state index in [-0.39, 0.29) is 15.0 Å². The molecule has 0 aliphatic carbocycles. The number of aromatic amines is 1. The highest BCUT2D eigenvalue weighted by Crippen LogP contribution is 2.22. The second-order valence-electron chi connectivity index (χ2n) is 3.51. The molecule has 0 spiro atoms. The first-order chi connectivity index (χ1) is 8.61. The van der Waals surface area contributed by atoms with Crippen LogP contribution in [0, 0.1) is 3.57 Å². The lowest BCUT2D eigenvalue weighted by Gasteiger charge is -2.06. The van der Waals surface area contributed by atoms with Crippen LogP contribution in [0.5, 0.6) is 11.6 Å². The molecule has 0 saturated carbocycles. The quantitative estimate of drug-likeness (QED) is 0.825. The van der Waals surface area contributed by atoms with Gasteiger partial charge in [-0.25, -0.2) is 0 Å². The third-order valence-corrected chi connectivity index (χ3v) is 3.24. The molecule has 1 heterocycles. The number of halogens is 1. The minimum absolute atomic E-state index is 0.178. The molecular weight excluding hydrogens is 347 g/mol. The predicted molar refractivity (Wildman–Crippen MR) is 75.8 cm³/mol. The van der Waals surface area contributed by atoms with Crippen LogP contribution < -0.4 is 10.3 Å². The second-order valence-corrected chi connectivity index (χ2v) is 4.59. The van der Waals surface area contributed by atoms with Gasteiger partial charge in [0, 0.05) is 5.56 Å². The van der Waals surface area contributed by atoms with E-state index in [0.717, 1.165) is 0 Å². The summed E-state index contributed by atoms with van der Waals surface area (Å²) in [5.41, 5.74) is 0.324. The molecule has 0 saturated heterocycles. The summed E-state index contributed by atoms with van der Waals surface area (Å²) in [6.07, 6.45) is 0. The Kier molecular flexibility index (Phi) is 3.85. The number of nitrogens with zero attached hydrogens (tertiary/aromatic N) is 1. The van der Waals surface area contributed by atoms with Gasteiger partial charge in [0.15, 0.2) is 0 Å². The van der Waals surface area contributed by atoms with Crippen LogP contribution in [0.2, 0.25) is 0 Å². The number of aromatic hydroxyl groups is 1. The van der Waals surface area contributed by atoms with Gasteiger partial charge in [-0.1, -0.05) is 12.1 Å². The van der Waals surface area contributed by atoms with Crippen LogP contribution in [-0.2, 0) is 0 Å². The number of rotatable bonds is 3. The van der Waals surface area contributed by atoms with Crippen molar-refractivity contribution in [3.8, 4) is 23.0 Å². The van der Waals surface area contributed by atoms with Crippen LogP contribution >= 0.6 is 22.6 Å². The van der Waals surface area contributed by atoms with Gasteiger partial charge in [0.05, 0.1) is 6.61 Å². The fourth-order valence-electron chi connectivity index (χ4n) is 1.48. The third kappa shape index (κ3) is 2.63. The van der Waals surface area contributed by atoms with Crippen LogP contribution in [0.15, 0.2) is 29.1 Å². The van der Waals surface area contributed by atoms with E-state index in [9.17, 15) is 9.90 Å². The number of hydrogen-bond acceptors (Lipinski definition) is 4. The van der Waals surface area contributed by atoms with Gasteiger partial charge in [0.25, 0.3) is 5.56 Å². The van der Waals surface area contributed by atoms with Gasteiger partial charge < -0.3 is 14.8 Å².